The van der Waals surface area contributed by atoms with E-state index in [9.17, 15) is 4.79 Å². The molecule has 0 saturated carbocycles. The number of carbonyl (C=O) groups excluding carboxylic acids is 1. The Balaban J connectivity index is 1.76. The fraction of sp³-hybridized carbons (Fsp3) is 0.182. The molecule has 3 nitrogen and oxygen atoms in total. The summed E-state index contributed by atoms with van der Waals surface area (Å²) < 4.78 is 0. The van der Waals surface area contributed by atoms with Crippen molar-refractivity contribution in [1.82, 2.24) is 4.98 Å². The summed E-state index contributed by atoms with van der Waals surface area (Å²) in [7, 11) is 0. The Labute approximate surface area is 156 Å². The molecular formula is C22H18N2OS. The SMILES string of the molecule is CSc1ccc(C2C3=C(CCC3=O)Nc3c2ccc2ncccc32)cc1. The molecular weight excluding hydrogens is 340 g/mol. The van der Waals surface area contributed by atoms with E-state index in [2.05, 4.69) is 59.0 Å². The number of anilines is 1. The van der Waals surface area contributed by atoms with Gasteiger partial charge in [-0.3, -0.25) is 9.78 Å². The van der Waals surface area contributed by atoms with Gasteiger partial charge in [-0.25, -0.2) is 0 Å². The molecule has 1 unspecified atom stereocenters. The molecule has 2 aromatic carbocycles. The predicted molar refractivity (Wildman–Crippen MR) is 107 cm³/mol. The molecule has 1 aromatic heterocycles. The Morgan fingerprint density at radius 2 is 1.92 bits per heavy atom. The number of rotatable bonds is 2. The molecule has 0 fully saturated rings. The molecule has 0 bridgehead atoms. The molecule has 128 valence electrons. The van der Waals surface area contributed by atoms with Crippen LogP contribution >= 0.6 is 11.8 Å². The number of hydrogen-bond donors (Lipinski definition) is 1. The number of nitrogens with zero attached hydrogens (tertiary/aromatic N) is 1. The number of hydrogen-bond acceptors (Lipinski definition) is 4. The van der Waals surface area contributed by atoms with Gasteiger partial charge < -0.3 is 5.32 Å². The second kappa shape index (κ2) is 5.99. The van der Waals surface area contributed by atoms with Gasteiger partial charge in [-0.2, -0.15) is 0 Å². The smallest absolute Gasteiger partial charge is 0.161 e. The number of allylic oxidation sites excluding steroid dienone is 2. The first-order valence-corrected chi connectivity index (χ1v) is 10.0. The van der Waals surface area contributed by atoms with Crippen molar-refractivity contribution in [3.8, 4) is 0 Å². The van der Waals surface area contributed by atoms with E-state index < -0.39 is 0 Å². The summed E-state index contributed by atoms with van der Waals surface area (Å²) in [6, 6.07) is 16.9. The summed E-state index contributed by atoms with van der Waals surface area (Å²) >= 11 is 1.73. The van der Waals surface area contributed by atoms with E-state index in [-0.39, 0.29) is 11.7 Å². The Bertz CT molecular complexity index is 1070. The highest BCUT2D eigenvalue weighted by Gasteiger charge is 2.37. The van der Waals surface area contributed by atoms with Crippen molar-refractivity contribution in [2.24, 2.45) is 0 Å². The zero-order chi connectivity index (χ0) is 17.7. The lowest BCUT2D eigenvalue weighted by Crippen LogP contribution is -2.19. The molecule has 1 aliphatic heterocycles. The molecule has 0 radical (unpaired) electrons. The summed E-state index contributed by atoms with van der Waals surface area (Å²) in [5.41, 5.74) is 6.44. The number of nitrogens with one attached hydrogen (secondary N) is 1. The highest BCUT2D eigenvalue weighted by Crippen LogP contribution is 2.48. The molecule has 1 aliphatic carbocycles. The normalized spacial score (nSPS) is 18.7. The van der Waals surface area contributed by atoms with E-state index in [1.807, 2.05) is 12.3 Å². The minimum Gasteiger partial charge on any atom is -0.358 e. The van der Waals surface area contributed by atoms with Gasteiger partial charge in [-0.1, -0.05) is 18.2 Å². The van der Waals surface area contributed by atoms with Gasteiger partial charge in [0.25, 0.3) is 0 Å². The van der Waals surface area contributed by atoms with Crippen LogP contribution in [0, 0.1) is 0 Å². The summed E-state index contributed by atoms with van der Waals surface area (Å²) in [6.45, 7) is 0. The fourth-order valence-electron chi connectivity index (χ4n) is 4.14. The average molecular weight is 358 g/mol. The van der Waals surface area contributed by atoms with Crippen molar-refractivity contribution in [2.45, 2.75) is 23.7 Å². The summed E-state index contributed by atoms with van der Waals surface area (Å²) in [5, 5.41) is 4.68. The zero-order valence-corrected chi connectivity index (χ0v) is 15.3. The van der Waals surface area contributed by atoms with Gasteiger partial charge in [-0.05, 0) is 54.1 Å². The molecule has 4 heteroatoms. The summed E-state index contributed by atoms with van der Waals surface area (Å²) in [6.07, 6.45) is 5.29. The van der Waals surface area contributed by atoms with E-state index in [1.165, 1.54) is 10.5 Å². The molecule has 3 aromatic rings. The summed E-state index contributed by atoms with van der Waals surface area (Å²) in [5.74, 6) is 0.264. The van der Waals surface area contributed by atoms with Crippen molar-refractivity contribution in [2.75, 3.05) is 11.6 Å². The largest absolute Gasteiger partial charge is 0.358 e. The van der Waals surface area contributed by atoms with Gasteiger partial charge in [0, 0.05) is 40.1 Å². The number of Topliss-reactive ketones (excluding diaryl/α,β-unsaturated/α-hetero) is 1. The van der Waals surface area contributed by atoms with E-state index in [0.29, 0.717) is 6.42 Å². The van der Waals surface area contributed by atoms with Crippen molar-refractivity contribution in [3.05, 3.63) is 77.1 Å². The highest BCUT2D eigenvalue weighted by atomic mass is 32.2. The molecule has 2 aliphatic rings. The van der Waals surface area contributed by atoms with Gasteiger partial charge in [0.15, 0.2) is 5.78 Å². The first-order chi connectivity index (χ1) is 12.8. The zero-order valence-electron chi connectivity index (χ0n) is 14.5. The van der Waals surface area contributed by atoms with Crippen LogP contribution in [0.5, 0.6) is 0 Å². The maximum Gasteiger partial charge on any atom is 0.161 e. The van der Waals surface area contributed by atoms with E-state index in [1.54, 1.807) is 11.8 Å². The molecule has 1 atom stereocenters. The fourth-order valence-corrected chi connectivity index (χ4v) is 4.55. The van der Waals surface area contributed by atoms with Crippen molar-refractivity contribution in [3.63, 3.8) is 0 Å². The molecule has 0 amide bonds. The minimum atomic E-state index is -0.00300. The number of benzene rings is 2. The lowest BCUT2D eigenvalue weighted by Gasteiger charge is -2.29. The van der Waals surface area contributed by atoms with Crippen LogP contribution in [0.1, 0.15) is 29.9 Å². The standard InChI is InChI=1S/C22H18N2OS/c1-26-14-6-4-13(5-7-14)20-16-8-9-17-15(3-2-12-23-17)22(16)24-18-10-11-19(25)21(18)20/h2-9,12,20,24H,10-11H2,1H3. The predicted octanol–water partition coefficient (Wildman–Crippen LogP) is 5.13. The third-order valence-electron chi connectivity index (χ3n) is 5.37. The van der Waals surface area contributed by atoms with E-state index in [0.717, 1.165) is 39.8 Å². The Kier molecular flexibility index (Phi) is 3.61. The summed E-state index contributed by atoms with van der Waals surface area (Å²) in [4.78, 5) is 18.4. The molecule has 5 rings (SSSR count). The van der Waals surface area contributed by atoms with Gasteiger partial charge >= 0.3 is 0 Å². The van der Waals surface area contributed by atoms with Crippen LogP contribution in [0.15, 0.2) is 70.9 Å². The number of ketones is 1. The average Bonchev–Trinajstić information content (AvgIpc) is 3.07. The molecule has 0 saturated heterocycles. The molecule has 26 heavy (non-hydrogen) atoms. The monoisotopic (exact) mass is 358 g/mol. The first-order valence-electron chi connectivity index (χ1n) is 8.81. The highest BCUT2D eigenvalue weighted by molar-refractivity contribution is 7.98. The third-order valence-corrected chi connectivity index (χ3v) is 6.11. The lowest BCUT2D eigenvalue weighted by molar-refractivity contribution is -0.115. The van der Waals surface area contributed by atoms with Crippen LogP contribution in [0.4, 0.5) is 5.69 Å². The van der Waals surface area contributed by atoms with Crippen LogP contribution in [-0.2, 0) is 4.79 Å². The van der Waals surface area contributed by atoms with Crippen molar-refractivity contribution in [1.29, 1.82) is 0 Å². The second-order valence-corrected chi connectivity index (χ2v) is 7.63. The number of aromatic nitrogens is 1. The minimum absolute atomic E-state index is 0.00300. The van der Waals surface area contributed by atoms with Gasteiger partial charge in [0.2, 0.25) is 0 Å². The van der Waals surface area contributed by atoms with E-state index >= 15 is 0 Å². The maximum atomic E-state index is 12.7. The second-order valence-electron chi connectivity index (χ2n) is 6.75. The topological polar surface area (TPSA) is 42.0 Å². The maximum absolute atomic E-state index is 12.7. The van der Waals surface area contributed by atoms with Gasteiger partial charge in [0.1, 0.15) is 0 Å². The Morgan fingerprint density at radius 1 is 1.08 bits per heavy atom. The van der Waals surface area contributed by atoms with Gasteiger partial charge in [-0.15, -0.1) is 11.8 Å². The van der Waals surface area contributed by atoms with Crippen molar-refractivity contribution < 1.29 is 4.79 Å². The number of thioether (sulfide) groups is 1. The number of fused-ring (bicyclic) bond motifs is 3. The number of pyridine rings is 1. The van der Waals surface area contributed by atoms with Crippen LogP contribution in [0.2, 0.25) is 0 Å². The quantitative estimate of drug-likeness (QED) is 0.645. The first kappa shape index (κ1) is 15.6. The van der Waals surface area contributed by atoms with Crippen molar-refractivity contribution >= 4 is 34.1 Å². The van der Waals surface area contributed by atoms with Crippen LogP contribution in [0.25, 0.3) is 10.9 Å². The Morgan fingerprint density at radius 3 is 2.73 bits per heavy atom. The molecule has 0 spiro atoms. The molecule has 1 N–H and O–H groups in total. The van der Waals surface area contributed by atoms with Crippen LogP contribution in [0.3, 0.4) is 0 Å². The molecule has 2 heterocycles. The number of carbonyl (C=O) groups is 1. The third kappa shape index (κ3) is 2.29. The van der Waals surface area contributed by atoms with Gasteiger partial charge in [0.05, 0.1) is 11.2 Å². The van der Waals surface area contributed by atoms with Crippen LogP contribution in [-0.4, -0.2) is 17.0 Å². The van der Waals surface area contributed by atoms with Crippen LogP contribution < -0.4 is 5.32 Å². The van der Waals surface area contributed by atoms with E-state index in [4.69, 9.17) is 0 Å². The Hall–Kier alpha value is -2.59. The lowest BCUT2D eigenvalue weighted by atomic mass is 9.80.